The van der Waals surface area contributed by atoms with Crippen LogP contribution in [-0.4, -0.2) is 60.4 Å². The Balaban J connectivity index is 1.70. The van der Waals surface area contributed by atoms with Crippen molar-refractivity contribution < 1.29 is 24.2 Å². The molecule has 6 nitrogen and oxygen atoms in total. The molecule has 0 aromatic heterocycles. The van der Waals surface area contributed by atoms with Gasteiger partial charge in [0.15, 0.2) is 0 Å². The molecule has 0 unspecified atom stereocenters. The molecule has 0 heterocycles. The molecule has 2 rings (SSSR count). The number of carbonyl (C=O) groups excluding carboxylic acids is 2. The van der Waals surface area contributed by atoms with Crippen LogP contribution in [0.2, 0.25) is 0 Å². The van der Waals surface area contributed by atoms with E-state index in [2.05, 4.69) is 18.7 Å². The minimum atomic E-state index is -0.602. The molecule has 0 bridgehead atoms. The Kier molecular flexibility index (Phi) is 38.9. The van der Waals surface area contributed by atoms with Gasteiger partial charge in [0.25, 0.3) is 0 Å². The monoisotopic (exact) mass is 888 g/mol. The summed E-state index contributed by atoms with van der Waals surface area (Å²) in [7, 11) is 0. The van der Waals surface area contributed by atoms with Gasteiger partial charge in [-0.1, -0.05) is 206 Å². The van der Waals surface area contributed by atoms with Crippen molar-refractivity contribution in [3.63, 3.8) is 0 Å². The van der Waals surface area contributed by atoms with Crippen LogP contribution in [0.1, 0.15) is 303 Å². The lowest BCUT2D eigenvalue weighted by Crippen LogP contribution is -2.30. The van der Waals surface area contributed by atoms with Crippen LogP contribution in [0.4, 0.5) is 0 Å². The lowest BCUT2D eigenvalue weighted by molar-refractivity contribution is -0.146. The molecular formula is C57H109NO5. The Morgan fingerprint density at radius 2 is 0.698 bits per heavy atom. The highest BCUT2D eigenvalue weighted by Crippen LogP contribution is 2.30. The van der Waals surface area contributed by atoms with Crippen molar-refractivity contribution in [2.75, 3.05) is 32.8 Å². The summed E-state index contributed by atoms with van der Waals surface area (Å²) in [4.78, 5) is 28.3. The quantitative estimate of drug-likeness (QED) is 0.0654. The van der Waals surface area contributed by atoms with E-state index in [4.69, 9.17) is 9.47 Å². The lowest BCUT2D eigenvalue weighted by atomic mass is 9.85. The van der Waals surface area contributed by atoms with E-state index in [1.54, 1.807) is 0 Å². The van der Waals surface area contributed by atoms with Gasteiger partial charge in [0.1, 0.15) is 0 Å². The average molecular weight is 889 g/mol. The predicted octanol–water partition coefficient (Wildman–Crippen LogP) is 17.0. The van der Waals surface area contributed by atoms with Crippen molar-refractivity contribution >= 4 is 11.9 Å². The molecule has 0 radical (unpaired) electrons. The summed E-state index contributed by atoms with van der Waals surface area (Å²) < 4.78 is 11.6. The minimum Gasteiger partial charge on any atom is -0.466 e. The van der Waals surface area contributed by atoms with Crippen LogP contribution in [0.25, 0.3) is 0 Å². The fourth-order valence-electron chi connectivity index (χ4n) is 10.9. The number of ether oxygens (including phenoxy) is 2. The summed E-state index contributed by atoms with van der Waals surface area (Å²) in [6.45, 7) is 9.10. The second-order valence-corrected chi connectivity index (χ2v) is 21.1. The van der Waals surface area contributed by atoms with Crippen LogP contribution >= 0.6 is 0 Å². The van der Waals surface area contributed by atoms with E-state index in [1.807, 2.05) is 0 Å². The molecule has 2 aliphatic carbocycles. The SMILES string of the molecule is CCCN(CCC)CCCCC(O)(CCCCCCOC(=O)CC1CCCCCCCCCCCCCC1)CCCCCCOC(=O)CC1CCCCCCCCCCCCCC1. The highest BCUT2D eigenvalue weighted by atomic mass is 16.5. The van der Waals surface area contributed by atoms with Crippen molar-refractivity contribution in [3.8, 4) is 0 Å². The number of nitrogens with zero attached hydrogens (tertiary/aromatic N) is 1. The fraction of sp³-hybridized carbons (Fsp3) is 0.965. The fourth-order valence-corrected chi connectivity index (χ4v) is 10.9. The summed E-state index contributed by atoms with van der Waals surface area (Å²) >= 11 is 0. The molecule has 0 amide bonds. The standard InChI is InChI=1S/C57H109NO5/c1-3-46-58(47-4-2)48-36-35-45-57(61,43-33-25-27-37-49-62-55(59)51-53-39-29-21-17-13-9-5-6-10-14-18-22-30-40-53)44-34-26-28-38-50-63-56(60)52-54-41-31-23-19-15-11-7-8-12-16-20-24-32-42-54/h53-54,61H,3-52H2,1-2H3. The van der Waals surface area contributed by atoms with Gasteiger partial charge in [-0.2, -0.15) is 0 Å². The van der Waals surface area contributed by atoms with Crippen molar-refractivity contribution in [1.29, 1.82) is 0 Å². The molecule has 2 saturated carbocycles. The molecule has 63 heavy (non-hydrogen) atoms. The third-order valence-corrected chi connectivity index (χ3v) is 14.9. The van der Waals surface area contributed by atoms with Crippen LogP contribution in [-0.2, 0) is 19.1 Å². The highest BCUT2D eigenvalue weighted by Gasteiger charge is 2.25. The topological polar surface area (TPSA) is 76.1 Å². The van der Waals surface area contributed by atoms with E-state index in [-0.39, 0.29) is 11.9 Å². The van der Waals surface area contributed by atoms with Gasteiger partial charge in [0.2, 0.25) is 0 Å². The molecule has 1 N–H and O–H groups in total. The molecule has 0 aromatic rings. The van der Waals surface area contributed by atoms with Gasteiger partial charge in [-0.3, -0.25) is 9.59 Å². The number of hydrogen-bond acceptors (Lipinski definition) is 6. The molecule has 0 aliphatic heterocycles. The number of carbonyl (C=O) groups is 2. The van der Waals surface area contributed by atoms with Gasteiger partial charge in [0, 0.05) is 12.8 Å². The van der Waals surface area contributed by atoms with Crippen LogP contribution in [0.15, 0.2) is 0 Å². The third kappa shape index (κ3) is 35.7. The van der Waals surface area contributed by atoms with Crippen molar-refractivity contribution in [2.45, 2.75) is 308 Å². The highest BCUT2D eigenvalue weighted by molar-refractivity contribution is 5.70. The normalized spacial score (nSPS) is 18.8. The Labute approximate surface area is 392 Å². The number of hydrogen-bond donors (Lipinski definition) is 1. The van der Waals surface area contributed by atoms with E-state index < -0.39 is 5.60 Å². The van der Waals surface area contributed by atoms with Gasteiger partial charge >= 0.3 is 11.9 Å². The largest absolute Gasteiger partial charge is 0.466 e. The first-order valence-corrected chi connectivity index (χ1v) is 28.7. The first kappa shape index (κ1) is 58.0. The summed E-state index contributed by atoms with van der Waals surface area (Å²) in [5.74, 6) is 1.02. The maximum atomic E-state index is 12.9. The minimum absolute atomic E-state index is 0.0177. The van der Waals surface area contributed by atoms with Crippen molar-refractivity contribution in [3.05, 3.63) is 0 Å². The zero-order valence-corrected chi connectivity index (χ0v) is 42.5. The van der Waals surface area contributed by atoms with E-state index in [0.717, 1.165) is 90.0 Å². The van der Waals surface area contributed by atoms with Crippen LogP contribution < -0.4 is 0 Å². The first-order chi connectivity index (χ1) is 30.9. The molecule has 0 saturated heterocycles. The Morgan fingerprint density at radius 3 is 1.02 bits per heavy atom. The zero-order valence-electron chi connectivity index (χ0n) is 42.5. The third-order valence-electron chi connectivity index (χ3n) is 14.9. The summed E-state index contributed by atoms with van der Waals surface area (Å²) in [5, 5.41) is 12.0. The van der Waals surface area contributed by atoms with Gasteiger partial charge in [0.05, 0.1) is 18.8 Å². The summed E-state index contributed by atoms with van der Waals surface area (Å²) in [6.07, 6.45) is 53.8. The predicted molar refractivity (Wildman–Crippen MR) is 269 cm³/mol. The smallest absolute Gasteiger partial charge is 0.306 e. The van der Waals surface area contributed by atoms with Gasteiger partial charge < -0.3 is 19.5 Å². The van der Waals surface area contributed by atoms with Crippen LogP contribution in [0, 0.1) is 11.8 Å². The molecule has 2 aliphatic rings. The Hall–Kier alpha value is -1.14. The lowest BCUT2D eigenvalue weighted by Gasteiger charge is -2.29. The second-order valence-electron chi connectivity index (χ2n) is 21.1. The van der Waals surface area contributed by atoms with Crippen LogP contribution in [0.5, 0.6) is 0 Å². The first-order valence-electron chi connectivity index (χ1n) is 28.7. The molecule has 372 valence electrons. The second kappa shape index (κ2) is 42.2. The Bertz CT molecular complexity index is 916. The van der Waals surface area contributed by atoms with Gasteiger partial charge in [-0.05, 0) is 115 Å². The molecule has 0 spiro atoms. The molecule has 0 aromatic carbocycles. The number of aliphatic hydroxyl groups is 1. The Morgan fingerprint density at radius 1 is 0.413 bits per heavy atom. The molecular weight excluding hydrogens is 779 g/mol. The number of unbranched alkanes of at least 4 members (excludes halogenated alkanes) is 7. The summed E-state index contributed by atoms with van der Waals surface area (Å²) in [5.41, 5.74) is -0.602. The van der Waals surface area contributed by atoms with Crippen LogP contribution in [0.3, 0.4) is 0 Å². The zero-order chi connectivity index (χ0) is 45.2. The van der Waals surface area contributed by atoms with Gasteiger partial charge in [-0.25, -0.2) is 0 Å². The van der Waals surface area contributed by atoms with E-state index in [9.17, 15) is 14.7 Å². The average Bonchev–Trinajstić information content (AvgIpc) is 3.28. The number of rotatable bonds is 27. The van der Waals surface area contributed by atoms with E-state index in [0.29, 0.717) is 37.9 Å². The summed E-state index contributed by atoms with van der Waals surface area (Å²) in [6, 6.07) is 0. The molecule has 2 fully saturated rings. The van der Waals surface area contributed by atoms with Gasteiger partial charge in [-0.15, -0.1) is 0 Å². The molecule has 0 atom stereocenters. The van der Waals surface area contributed by atoms with E-state index in [1.165, 1.54) is 206 Å². The molecule has 6 heteroatoms. The number of esters is 2. The van der Waals surface area contributed by atoms with Crippen molar-refractivity contribution in [2.24, 2.45) is 11.8 Å². The maximum absolute atomic E-state index is 12.9. The van der Waals surface area contributed by atoms with Crippen molar-refractivity contribution in [1.82, 2.24) is 4.90 Å². The maximum Gasteiger partial charge on any atom is 0.306 e. The van der Waals surface area contributed by atoms with E-state index >= 15 is 0 Å².